The molecule has 2 aliphatic rings. The minimum absolute atomic E-state index is 0.146. The molecule has 1 aliphatic carbocycles. The van der Waals surface area contributed by atoms with E-state index >= 15 is 0 Å². The monoisotopic (exact) mass is 445 g/mol. The van der Waals surface area contributed by atoms with Crippen LogP contribution >= 0.6 is 11.3 Å². The van der Waals surface area contributed by atoms with Gasteiger partial charge in [-0.3, -0.25) is 9.59 Å². The van der Waals surface area contributed by atoms with Crippen LogP contribution in [0.25, 0.3) is 20.8 Å². The lowest BCUT2D eigenvalue weighted by Crippen LogP contribution is -2.39. The number of hydrogen-bond donors (Lipinski definition) is 1. The van der Waals surface area contributed by atoms with Gasteiger partial charge in [-0.1, -0.05) is 17.7 Å². The fourth-order valence-corrected chi connectivity index (χ4v) is 5.58. The van der Waals surface area contributed by atoms with Gasteiger partial charge in [0.05, 0.1) is 28.4 Å². The first-order valence-corrected chi connectivity index (χ1v) is 12.2. The molecule has 0 saturated carbocycles. The van der Waals surface area contributed by atoms with Crippen LogP contribution in [-0.2, 0) is 9.59 Å². The molecule has 5 nitrogen and oxygen atoms in total. The minimum Gasteiger partial charge on any atom is -0.305 e. The van der Waals surface area contributed by atoms with Crippen molar-refractivity contribution >= 4 is 39.1 Å². The van der Waals surface area contributed by atoms with E-state index in [2.05, 4.69) is 30.4 Å². The van der Waals surface area contributed by atoms with Crippen LogP contribution in [0.2, 0.25) is 0 Å². The predicted molar refractivity (Wildman–Crippen MR) is 130 cm³/mol. The van der Waals surface area contributed by atoms with Crippen molar-refractivity contribution in [1.29, 1.82) is 0 Å². The average molecular weight is 446 g/mol. The number of aryl methyl sites for hydroxylation is 1. The van der Waals surface area contributed by atoms with Gasteiger partial charge in [0.25, 0.3) is 5.91 Å². The van der Waals surface area contributed by atoms with Crippen LogP contribution in [0.15, 0.2) is 54.1 Å². The lowest BCUT2D eigenvalue weighted by atomic mass is 9.97. The van der Waals surface area contributed by atoms with Crippen LogP contribution in [0.5, 0.6) is 0 Å². The van der Waals surface area contributed by atoms with Crippen molar-refractivity contribution in [3.63, 3.8) is 0 Å². The Morgan fingerprint density at radius 1 is 1.12 bits per heavy atom. The molecule has 1 unspecified atom stereocenters. The molecule has 1 fully saturated rings. The molecule has 3 aromatic rings. The fourth-order valence-electron chi connectivity index (χ4n) is 4.51. The van der Waals surface area contributed by atoms with Crippen molar-refractivity contribution in [2.45, 2.75) is 51.5 Å². The second kappa shape index (κ2) is 8.96. The van der Waals surface area contributed by atoms with Gasteiger partial charge in [0.2, 0.25) is 5.91 Å². The maximum atomic E-state index is 12.9. The van der Waals surface area contributed by atoms with Gasteiger partial charge in [-0.05, 0) is 87.5 Å². The Kier molecular flexibility index (Phi) is 5.89. The summed E-state index contributed by atoms with van der Waals surface area (Å²) in [5.74, 6) is -0.302. The van der Waals surface area contributed by atoms with Gasteiger partial charge in [0, 0.05) is 5.56 Å². The molecule has 2 heterocycles. The zero-order valence-electron chi connectivity index (χ0n) is 18.3. The molecule has 1 aliphatic heterocycles. The molecule has 0 spiro atoms. The number of amides is 2. The van der Waals surface area contributed by atoms with E-state index in [9.17, 15) is 9.59 Å². The molecule has 1 saturated heterocycles. The molecule has 1 atom stereocenters. The molecule has 6 heteroatoms. The standard InChI is InChI=1S/C26H27N3O2S/c1-17-7-12-21-23(15-17)32-25(28-21)19-8-10-20(11-9-19)29-24(30)16-22(26(29)31)27-14-13-18-5-3-2-4-6-18/h5,7-12,15,22,27H,2-4,6,13-14,16H2,1H3. The number of anilines is 1. The van der Waals surface area contributed by atoms with E-state index in [1.807, 2.05) is 30.3 Å². The molecule has 1 N–H and O–H groups in total. The number of aromatic nitrogens is 1. The smallest absolute Gasteiger partial charge is 0.251 e. The minimum atomic E-state index is -0.432. The molecule has 0 radical (unpaired) electrons. The van der Waals surface area contributed by atoms with Crippen molar-refractivity contribution in [2.75, 3.05) is 11.4 Å². The summed E-state index contributed by atoms with van der Waals surface area (Å²) >= 11 is 1.65. The van der Waals surface area contributed by atoms with E-state index in [0.717, 1.165) is 46.6 Å². The van der Waals surface area contributed by atoms with E-state index in [4.69, 9.17) is 4.98 Å². The molecule has 164 valence electrons. The Morgan fingerprint density at radius 2 is 1.97 bits per heavy atom. The van der Waals surface area contributed by atoms with Crippen LogP contribution in [0.3, 0.4) is 0 Å². The molecule has 0 bridgehead atoms. The number of imide groups is 1. The number of nitrogens with zero attached hydrogens (tertiary/aromatic N) is 2. The van der Waals surface area contributed by atoms with E-state index in [0.29, 0.717) is 5.69 Å². The number of benzene rings is 2. The summed E-state index contributed by atoms with van der Waals surface area (Å²) in [5, 5.41) is 4.24. The first-order valence-electron chi connectivity index (χ1n) is 11.3. The number of nitrogens with one attached hydrogen (secondary N) is 1. The normalized spacial score (nSPS) is 19.1. The summed E-state index contributed by atoms with van der Waals surface area (Å²) in [5.41, 5.74) is 5.29. The van der Waals surface area contributed by atoms with Gasteiger partial charge >= 0.3 is 0 Å². The number of carbonyl (C=O) groups excluding carboxylic acids is 2. The number of allylic oxidation sites excluding steroid dienone is 1. The number of carbonyl (C=O) groups is 2. The van der Waals surface area contributed by atoms with Gasteiger partial charge in [0.15, 0.2) is 0 Å². The quantitative estimate of drug-likeness (QED) is 0.409. The van der Waals surface area contributed by atoms with Crippen molar-refractivity contribution in [1.82, 2.24) is 10.3 Å². The maximum absolute atomic E-state index is 12.9. The van der Waals surface area contributed by atoms with Crippen molar-refractivity contribution in [2.24, 2.45) is 0 Å². The highest BCUT2D eigenvalue weighted by Crippen LogP contribution is 2.32. The first kappa shape index (κ1) is 21.0. The Balaban J connectivity index is 1.26. The Hall–Kier alpha value is -2.83. The summed E-state index contributed by atoms with van der Waals surface area (Å²) in [6.45, 7) is 2.81. The van der Waals surface area contributed by atoms with E-state index in [-0.39, 0.29) is 18.2 Å². The number of hydrogen-bond acceptors (Lipinski definition) is 5. The largest absolute Gasteiger partial charge is 0.305 e. The highest BCUT2D eigenvalue weighted by atomic mass is 32.1. The molecule has 32 heavy (non-hydrogen) atoms. The Labute approximate surface area is 192 Å². The summed E-state index contributed by atoms with van der Waals surface area (Å²) in [6.07, 6.45) is 8.35. The van der Waals surface area contributed by atoms with E-state index in [1.54, 1.807) is 11.3 Å². The van der Waals surface area contributed by atoms with Crippen molar-refractivity contribution < 1.29 is 9.59 Å². The zero-order chi connectivity index (χ0) is 22.1. The molecule has 2 amide bonds. The van der Waals surface area contributed by atoms with Crippen LogP contribution in [-0.4, -0.2) is 29.4 Å². The van der Waals surface area contributed by atoms with Crippen LogP contribution < -0.4 is 10.2 Å². The van der Waals surface area contributed by atoms with Crippen LogP contribution in [0.4, 0.5) is 5.69 Å². The lowest BCUT2D eigenvalue weighted by Gasteiger charge is -2.17. The topological polar surface area (TPSA) is 62.3 Å². The van der Waals surface area contributed by atoms with Gasteiger partial charge in [-0.15, -0.1) is 11.3 Å². The number of fused-ring (bicyclic) bond motifs is 1. The van der Waals surface area contributed by atoms with Gasteiger partial charge in [0.1, 0.15) is 5.01 Å². The maximum Gasteiger partial charge on any atom is 0.251 e. The molecule has 1 aromatic heterocycles. The van der Waals surface area contributed by atoms with Gasteiger partial charge < -0.3 is 5.32 Å². The highest BCUT2D eigenvalue weighted by molar-refractivity contribution is 7.21. The Bertz CT molecular complexity index is 1200. The third-order valence-corrected chi connectivity index (χ3v) is 7.35. The predicted octanol–water partition coefficient (Wildman–Crippen LogP) is 5.38. The zero-order valence-corrected chi connectivity index (χ0v) is 19.1. The van der Waals surface area contributed by atoms with Crippen molar-refractivity contribution in [3.8, 4) is 10.6 Å². The molecule has 5 rings (SSSR count). The van der Waals surface area contributed by atoms with Gasteiger partial charge in [-0.2, -0.15) is 0 Å². The third kappa shape index (κ3) is 4.25. The third-order valence-electron chi connectivity index (χ3n) is 6.28. The molecular formula is C26H27N3O2S. The Morgan fingerprint density at radius 3 is 2.75 bits per heavy atom. The van der Waals surface area contributed by atoms with Crippen LogP contribution in [0, 0.1) is 6.92 Å². The molecular weight excluding hydrogens is 418 g/mol. The summed E-state index contributed by atoms with van der Waals surface area (Å²) in [6, 6.07) is 13.4. The lowest BCUT2D eigenvalue weighted by molar-refractivity contribution is -0.121. The van der Waals surface area contributed by atoms with Crippen LogP contribution in [0.1, 0.15) is 44.1 Å². The van der Waals surface area contributed by atoms with Gasteiger partial charge in [-0.25, -0.2) is 9.88 Å². The number of rotatable bonds is 6. The highest BCUT2D eigenvalue weighted by Gasteiger charge is 2.39. The summed E-state index contributed by atoms with van der Waals surface area (Å²) in [7, 11) is 0. The second-order valence-electron chi connectivity index (χ2n) is 8.67. The average Bonchev–Trinajstić information content (AvgIpc) is 3.34. The summed E-state index contributed by atoms with van der Waals surface area (Å²) < 4.78 is 1.16. The first-order chi connectivity index (χ1) is 15.6. The summed E-state index contributed by atoms with van der Waals surface area (Å²) in [4.78, 5) is 31.6. The van der Waals surface area contributed by atoms with Crippen molar-refractivity contribution in [3.05, 3.63) is 59.7 Å². The fraction of sp³-hybridized carbons (Fsp3) is 0.346. The van der Waals surface area contributed by atoms with E-state index in [1.165, 1.54) is 28.9 Å². The SMILES string of the molecule is Cc1ccc2nc(-c3ccc(N4C(=O)CC(NCCC5=CCCCC5)C4=O)cc3)sc2c1. The molecule has 2 aromatic carbocycles. The second-order valence-corrected chi connectivity index (χ2v) is 9.70. The van der Waals surface area contributed by atoms with E-state index < -0.39 is 6.04 Å². The number of thiazole rings is 1.